The molecule has 0 bridgehead atoms. The van der Waals surface area contributed by atoms with Crippen LogP contribution in [0.3, 0.4) is 0 Å². The highest BCUT2D eigenvalue weighted by atomic mass is 32.2. The first-order chi connectivity index (χ1) is 16.1. The van der Waals surface area contributed by atoms with Gasteiger partial charge >= 0.3 is 16.3 Å². The number of carbonyl (C=O) groups excluding carboxylic acids is 1. The molecular weight excluding hydrogens is 483 g/mol. The van der Waals surface area contributed by atoms with Crippen LogP contribution in [0.25, 0.3) is 0 Å². The first-order valence-corrected chi connectivity index (χ1v) is 12.6. The van der Waals surface area contributed by atoms with E-state index in [0.717, 1.165) is 24.6 Å². The molecule has 2 aromatic carbocycles. The molecule has 0 fully saturated rings. The average molecular weight is 516 g/mol. The second kappa shape index (κ2) is 10.9. The molecule has 0 aliphatic heterocycles. The molecular formula is C25H32F3NO5S. The Bertz CT molecular complexity index is 1140. The van der Waals surface area contributed by atoms with E-state index in [9.17, 15) is 26.4 Å². The lowest BCUT2D eigenvalue weighted by Gasteiger charge is -2.31. The summed E-state index contributed by atoms with van der Waals surface area (Å²) in [6.45, 7) is 10.0. The maximum Gasteiger partial charge on any atom is 0.416 e. The summed E-state index contributed by atoms with van der Waals surface area (Å²) in [4.78, 5) is 14.1. The number of benzene rings is 2. The number of methoxy groups -OCH3 is 1. The maximum absolute atomic E-state index is 13.1. The monoisotopic (exact) mass is 515 g/mol. The first-order valence-electron chi connectivity index (χ1n) is 11.2. The van der Waals surface area contributed by atoms with Crippen molar-refractivity contribution in [1.29, 1.82) is 0 Å². The fourth-order valence-corrected chi connectivity index (χ4v) is 4.32. The third kappa shape index (κ3) is 7.88. The second-order valence-electron chi connectivity index (χ2n) is 9.56. The summed E-state index contributed by atoms with van der Waals surface area (Å²) in [6, 6.07) is 7.85. The quantitative estimate of drug-likeness (QED) is 0.381. The average Bonchev–Trinajstić information content (AvgIpc) is 2.75. The number of carbonyl (C=O) groups is 1. The van der Waals surface area contributed by atoms with Crippen LogP contribution in [-0.4, -0.2) is 32.4 Å². The fraction of sp³-hybridized carbons (Fsp3) is 0.480. The molecule has 6 nitrogen and oxygen atoms in total. The van der Waals surface area contributed by atoms with Gasteiger partial charge in [0.05, 0.1) is 12.7 Å². The van der Waals surface area contributed by atoms with Crippen LogP contribution in [0.5, 0.6) is 11.5 Å². The van der Waals surface area contributed by atoms with Gasteiger partial charge in [0.15, 0.2) is 11.5 Å². The number of alkyl halides is 3. The number of rotatable bonds is 9. The molecule has 1 atom stereocenters. The van der Waals surface area contributed by atoms with E-state index in [1.165, 1.54) is 19.2 Å². The molecule has 0 saturated heterocycles. The number of nitrogens with zero attached hydrogens (tertiary/aromatic N) is 1. The molecule has 10 heteroatoms. The standard InChI is InChI=1S/C25H32F3NO5S/c1-7-17(2)29(23(30)15-24(3,4)5)16-18-11-12-21(33-6)22(13-18)34-35(31,32)20-10-8-9-19(14-20)25(26,27)28/h8-14,17H,7,15-16H2,1-6H3. The summed E-state index contributed by atoms with van der Waals surface area (Å²) in [7, 11) is -3.28. The minimum Gasteiger partial charge on any atom is -0.493 e. The topological polar surface area (TPSA) is 72.9 Å². The van der Waals surface area contributed by atoms with Gasteiger partial charge < -0.3 is 13.8 Å². The second-order valence-corrected chi connectivity index (χ2v) is 11.1. The largest absolute Gasteiger partial charge is 0.493 e. The van der Waals surface area contributed by atoms with Gasteiger partial charge in [0.1, 0.15) is 4.90 Å². The zero-order valence-electron chi connectivity index (χ0n) is 20.8. The molecule has 2 aromatic rings. The zero-order valence-corrected chi connectivity index (χ0v) is 21.6. The molecule has 0 radical (unpaired) electrons. The number of hydrogen-bond donors (Lipinski definition) is 0. The van der Waals surface area contributed by atoms with Gasteiger partial charge in [-0.2, -0.15) is 21.6 Å². The molecule has 0 aliphatic carbocycles. The van der Waals surface area contributed by atoms with Gasteiger partial charge in [0.2, 0.25) is 5.91 Å². The van der Waals surface area contributed by atoms with Gasteiger partial charge in [0, 0.05) is 19.0 Å². The molecule has 0 spiro atoms. The van der Waals surface area contributed by atoms with Crippen LogP contribution < -0.4 is 8.92 Å². The van der Waals surface area contributed by atoms with Crippen LogP contribution >= 0.6 is 0 Å². The molecule has 0 aliphatic rings. The third-order valence-electron chi connectivity index (χ3n) is 5.36. The van der Waals surface area contributed by atoms with Gasteiger partial charge in [-0.3, -0.25) is 4.79 Å². The molecule has 0 N–H and O–H groups in total. The van der Waals surface area contributed by atoms with E-state index in [1.54, 1.807) is 11.0 Å². The zero-order chi connectivity index (χ0) is 26.6. The SMILES string of the molecule is CCC(C)N(Cc1ccc(OC)c(OS(=O)(=O)c2cccc(C(F)(F)F)c2)c1)C(=O)CC(C)(C)C. The predicted molar refractivity (Wildman–Crippen MR) is 127 cm³/mol. The van der Waals surface area contributed by atoms with Crippen molar-refractivity contribution in [3.8, 4) is 11.5 Å². The Morgan fingerprint density at radius 3 is 2.26 bits per heavy atom. The summed E-state index contributed by atoms with van der Waals surface area (Å²) in [5.41, 5.74) is -0.734. The molecule has 0 aromatic heterocycles. The number of amides is 1. The van der Waals surface area contributed by atoms with Crippen LogP contribution in [0.1, 0.15) is 58.6 Å². The van der Waals surface area contributed by atoms with Crippen LogP contribution in [-0.2, 0) is 27.6 Å². The van der Waals surface area contributed by atoms with Crippen molar-refractivity contribution in [2.75, 3.05) is 7.11 Å². The van der Waals surface area contributed by atoms with Crippen molar-refractivity contribution in [3.63, 3.8) is 0 Å². The number of hydrogen-bond acceptors (Lipinski definition) is 5. The Balaban J connectivity index is 2.40. The molecule has 0 heterocycles. The highest BCUT2D eigenvalue weighted by Crippen LogP contribution is 2.34. The lowest BCUT2D eigenvalue weighted by Crippen LogP contribution is -2.39. The number of ether oxygens (including phenoxy) is 1. The lowest BCUT2D eigenvalue weighted by atomic mass is 9.91. The first kappa shape index (κ1) is 28.5. The number of halogens is 3. The summed E-state index contributed by atoms with van der Waals surface area (Å²) in [5.74, 6) is -0.142. The van der Waals surface area contributed by atoms with Crippen molar-refractivity contribution in [2.45, 2.75) is 71.1 Å². The maximum atomic E-state index is 13.1. The van der Waals surface area contributed by atoms with Crippen LogP contribution in [0.4, 0.5) is 13.2 Å². The minimum absolute atomic E-state index is 0.0401. The molecule has 0 saturated carbocycles. The Hall–Kier alpha value is -2.75. The van der Waals surface area contributed by atoms with Crippen molar-refractivity contribution < 1.29 is 35.3 Å². The van der Waals surface area contributed by atoms with E-state index in [1.807, 2.05) is 34.6 Å². The van der Waals surface area contributed by atoms with Gasteiger partial charge in [-0.1, -0.05) is 39.8 Å². The van der Waals surface area contributed by atoms with Gasteiger partial charge in [-0.25, -0.2) is 0 Å². The van der Waals surface area contributed by atoms with Crippen molar-refractivity contribution >= 4 is 16.0 Å². The summed E-state index contributed by atoms with van der Waals surface area (Å²) < 4.78 is 75.1. The van der Waals surface area contributed by atoms with Crippen molar-refractivity contribution in [1.82, 2.24) is 4.90 Å². The highest BCUT2D eigenvalue weighted by molar-refractivity contribution is 7.87. The van der Waals surface area contributed by atoms with Crippen molar-refractivity contribution in [3.05, 3.63) is 53.6 Å². The Kier molecular flexibility index (Phi) is 8.86. The smallest absolute Gasteiger partial charge is 0.416 e. The van der Waals surface area contributed by atoms with Crippen LogP contribution in [0.2, 0.25) is 0 Å². The van der Waals surface area contributed by atoms with Crippen molar-refractivity contribution in [2.24, 2.45) is 5.41 Å². The summed E-state index contributed by atoms with van der Waals surface area (Å²) in [6.07, 6.45) is -3.65. The van der Waals surface area contributed by atoms with E-state index >= 15 is 0 Å². The van der Waals surface area contributed by atoms with E-state index in [2.05, 4.69) is 0 Å². The highest BCUT2D eigenvalue weighted by Gasteiger charge is 2.32. The van der Waals surface area contributed by atoms with Gasteiger partial charge in [-0.05, 0) is 54.7 Å². The van der Waals surface area contributed by atoms with Gasteiger partial charge in [-0.15, -0.1) is 0 Å². The van der Waals surface area contributed by atoms with E-state index in [4.69, 9.17) is 8.92 Å². The normalized spacial score (nSPS) is 13.3. The Morgan fingerprint density at radius 1 is 1.06 bits per heavy atom. The van der Waals surface area contributed by atoms with E-state index in [-0.39, 0.29) is 35.4 Å². The Labute approximate surface area is 205 Å². The molecule has 194 valence electrons. The molecule has 2 rings (SSSR count). The predicted octanol–water partition coefficient (Wildman–Crippen LogP) is 6.05. The van der Waals surface area contributed by atoms with Crippen LogP contribution in [0.15, 0.2) is 47.4 Å². The fourth-order valence-electron chi connectivity index (χ4n) is 3.34. The Morgan fingerprint density at radius 2 is 1.71 bits per heavy atom. The molecule has 35 heavy (non-hydrogen) atoms. The minimum atomic E-state index is -4.71. The lowest BCUT2D eigenvalue weighted by molar-refractivity contribution is -0.138. The molecule has 1 unspecified atom stereocenters. The van der Waals surface area contributed by atoms with E-state index < -0.39 is 26.8 Å². The third-order valence-corrected chi connectivity index (χ3v) is 6.59. The van der Waals surface area contributed by atoms with Gasteiger partial charge in [0.25, 0.3) is 0 Å². The summed E-state index contributed by atoms with van der Waals surface area (Å²) >= 11 is 0. The summed E-state index contributed by atoms with van der Waals surface area (Å²) in [5, 5.41) is 0. The van der Waals surface area contributed by atoms with E-state index in [0.29, 0.717) is 18.1 Å². The van der Waals surface area contributed by atoms with Crippen LogP contribution in [0, 0.1) is 5.41 Å². The molecule has 1 amide bonds.